The molecule has 7 nitrogen and oxygen atoms in total. The summed E-state index contributed by atoms with van der Waals surface area (Å²) in [5.41, 5.74) is 3.17. The first-order chi connectivity index (χ1) is 14.4. The molecule has 0 unspecified atom stereocenters. The smallest absolute Gasteiger partial charge is 0.262 e. The summed E-state index contributed by atoms with van der Waals surface area (Å²) in [6, 6.07) is 13.5. The highest BCUT2D eigenvalue weighted by Crippen LogP contribution is 2.33. The van der Waals surface area contributed by atoms with E-state index in [1.54, 1.807) is 54.4 Å². The Labute approximate surface area is 175 Å². The third-order valence-electron chi connectivity index (χ3n) is 5.06. The van der Waals surface area contributed by atoms with E-state index >= 15 is 0 Å². The Morgan fingerprint density at radius 2 is 2.00 bits per heavy atom. The van der Waals surface area contributed by atoms with Gasteiger partial charge < -0.3 is 9.64 Å². The van der Waals surface area contributed by atoms with Crippen molar-refractivity contribution in [1.29, 1.82) is 0 Å². The number of hydrogen-bond donors (Lipinski definition) is 1. The van der Waals surface area contributed by atoms with Crippen molar-refractivity contribution in [3.63, 3.8) is 0 Å². The molecule has 1 amide bonds. The van der Waals surface area contributed by atoms with Gasteiger partial charge >= 0.3 is 0 Å². The van der Waals surface area contributed by atoms with Crippen LogP contribution in [-0.2, 0) is 16.4 Å². The summed E-state index contributed by atoms with van der Waals surface area (Å²) in [5.74, 6) is 0.432. The Bertz CT molecular complexity index is 1210. The summed E-state index contributed by atoms with van der Waals surface area (Å²) in [7, 11) is -2.26. The van der Waals surface area contributed by atoms with Gasteiger partial charge in [0.25, 0.3) is 15.9 Å². The molecule has 1 aliphatic rings. The zero-order chi connectivity index (χ0) is 21.3. The van der Waals surface area contributed by atoms with E-state index in [2.05, 4.69) is 9.71 Å². The Kier molecular flexibility index (Phi) is 5.17. The van der Waals surface area contributed by atoms with Crippen LogP contribution in [0.3, 0.4) is 0 Å². The number of sulfonamides is 1. The fourth-order valence-corrected chi connectivity index (χ4v) is 4.84. The lowest BCUT2D eigenvalue weighted by atomic mass is 10.1. The molecule has 4 rings (SSSR count). The number of rotatable bonds is 5. The molecule has 0 saturated heterocycles. The van der Waals surface area contributed by atoms with Gasteiger partial charge in [0.2, 0.25) is 0 Å². The van der Waals surface area contributed by atoms with E-state index in [4.69, 9.17) is 4.74 Å². The highest BCUT2D eigenvalue weighted by atomic mass is 32.2. The number of nitrogens with one attached hydrogen (secondary N) is 1. The number of fused-ring (bicyclic) bond motifs is 1. The number of aromatic nitrogens is 1. The molecular weight excluding hydrogens is 402 g/mol. The maximum Gasteiger partial charge on any atom is 0.262 e. The Hall–Kier alpha value is -3.39. The number of benzene rings is 2. The first-order valence-electron chi connectivity index (χ1n) is 9.41. The third kappa shape index (κ3) is 3.73. The maximum absolute atomic E-state index is 12.9. The summed E-state index contributed by atoms with van der Waals surface area (Å²) in [4.78, 5) is 18.7. The highest BCUT2D eigenvalue weighted by molar-refractivity contribution is 7.92. The monoisotopic (exact) mass is 423 g/mol. The van der Waals surface area contributed by atoms with Gasteiger partial charge in [0.15, 0.2) is 0 Å². The molecule has 154 valence electrons. The predicted octanol–water partition coefficient (Wildman–Crippen LogP) is 3.40. The fraction of sp³-hybridized carbons (Fsp3) is 0.182. The molecule has 0 saturated carbocycles. The van der Waals surface area contributed by atoms with Crippen molar-refractivity contribution in [2.75, 3.05) is 23.3 Å². The van der Waals surface area contributed by atoms with Crippen LogP contribution in [0.1, 0.15) is 21.5 Å². The first kappa shape index (κ1) is 19.9. The van der Waals surface area contributed by atoms with E-state index in [1.807, 2.05) is 6.07 Å². The molecule has 0 aliphatic carbocycles. The van der Waals surface area contributed by atoms with Crippen LogP contribution in [0.4, 0.5) is 11.4 Å². The number of ether oxygens (including phenoxy) is 1. The molecular formula is C22H21N3O4S. The van der Waals surface area contributed by atoms with Crippen molar-refractivity contribution < 1.29 is 17.9 Å². The molecule has 8 heteroatoms. The SMILES string of the molecule is COc1ccc(S(=O)(=O)Nc2ccc3c(c2)N(C(=O)c2cccnc2)CC3)c(C)c1. The highest BCUT2D eigenvalue weighted by Gasteiger charge is 2.27. The van der Waals surface area contributed by atoms with Crippen LogP contribution in [0.5, 0.6) is 5.75 Å². The molecule has 0 bridgehead atoms. The Morgan fingerprint density at radius 1 is 1.17 bits per heavy atom. The van der Waals surface area contributed by atoms with Gasteiger partial charge in [-0.3, -0.25) is 14.5 Å². The number of pyridine rings is 1. The van der Waals surface area contributed by atoms with E-state index in [0.29, 0.717) is 41.2 Å². The van der Waals surface area contributed by atoms with Crippen LogP contribution in [0, 0.1) is 6.92 Å². The van der Waals surface area contributed by atoms with Gasteiger partial charge in [-0.2, -0.15) is 0 Å². The standard InChI is InChI=1S/C22H21N3O4S/c1-15-12-19(29-2)7-8-21(15)30(27,28)24-18-6-5-16-9-11-25(20(16)13-18)22(26)17-4-3-10-23-14-17/h3-8,10,12-14,24H,9,11H2,1-2H3. The summed E-state index contributed by atoms with van der Waals surface area (Å²) in [5, 5.41) is 0. The van der Waals surface area contributed by atoms with Crippen molar-refractivity contribution in [1.82, 2.24) is 4.98 Å². The summed E-state index contributed by atoms with van der Waals surface area (Å²) in [6.45, 7) is 2.25. The molecule has 0 fully saturated rings. The van der Waals surface area contributed by atoms with Gasteiger partial charge in [0.1, 0.15) is 5.75 Å². The van der Waals surface area contributed by atoms with Crippen molar-refractivity contribution in [3.05, 3.63) is 77.6 Å². The summed E-state index contributed by atoms with van der Waals surface area (Å²) >= 11 is 0. The average Bonchev–Trinajstić information content (AvgIpc) is 3.16. The molecule has 1 aliphatic heterocycles. The minimum atomic E-state index is -3.80. The molecule has 0 radical (unpaired) electrons. The van der Waals surface area contributed by atoms with Gasteiger partial charge in [-0.15, -0.1) is 0 Å². The Balaban J connectivity index is 1.62. The summed E-state index contributed by atoms with van der Waals surface area (Å²) in [6.07, 6.45) is 3.86. The lowest BCUT2D eigenvalue weighted by Crippen LogP contribution is -2.29. The molecule has 30 heavy (non-hydrogen) atoms. The van der Waals surface area contributed by atoms with E-state index in [-0.39, 0.29) is 10.8 Å². The minimum Gasteiger partial charge on any atom is -0.497 e. The van der Waals surface area contributed by atoms with E-state index in [0.717, 1.165) is 5.56 Å². The largest absolute Gasteiger partial charge is 0.497 e. The number of aryl methyl sites for hydroxylation is 1. The van der Waals surface area contributed by atoms with Gasteiger partial charge in [-0.05, 0) is 66.9 Å². The van der Waals surface area contributed by atoms with Crippen LogP contribution in [0.25, 0.3) is 0 Å². The molecule has 2 heterocycles. The molecule has 1 N–H and O–H groups in total. The number of carbonyl (C=O) groups is 1. The molecule has 1 aromatic heterocycles. The molecule has 2 aromatic carbocycles. The lowest BCUT2D eigenvalue weighted by molar-refractivity contribution is 0.0989. The van der Waals surface area contributed by atoms with Crippen LogP contribution >= 0.6 is 0 Å². The minimum absolute atomic E-state index is 0.159. The second-order valence-corrected chi connectivity index (χ2v) is 8.68. The van der Waals surface area contributed by atoms with Crippen LogP contribution < -0.4 is 14.4 Å². The van der Waals surface area contributed by atoms with E-state index in [9.17, 15) is 13.2 Å². The maximum atomic E-state index is 12.9. The molecule has 0 atom stereocenters. The third-order valence-corrected chi connectivity index (χ3v) is 6.60. The first-order valence-corrected chi connectivity index (χ1v) is 10.9. The normalized spacial score (nSPS) is 13.1. The summed E-state index contributed by atoms with van der Waals surface area (Å²) < 4.78 is 33.6. The van der Waals surface area contributed by atoms with Crippen molar-refractivity contribution in [2.45, 2.75) is 18.2 Å². The second-order valence-electron chi connectivity index (χ2n) is 7.03. The van der Waals surface area contributed by atoms with Gasteiger partial charge in [0.05, 0.1) is 23.3 Å². The van der Waals surface area contributed by atoms with Crippen LogP contribution in [-0.4, -0.2) is 33.0 Å². The number of methoxy groups -OCH3 is 1. The van der Waals surface area contributed by atoms with E-state index < -0.39 is 10.0 Å². The molecule has 3 aromatic rings. The number of hydrogen-bond acceptors (Lipinski definition) is 5. The zero-order valence-corrected chi connectivity index (χ0v) is 17.4. The Morgan fingerprint density at radius 3 is 2.70 bits per heavy atom. The number of nitrogens with zero attached hydrogens (tertiary/aromatic N) is 2. The number of carbonyl (C=O) groups excluding carboxylic acids is 1. The van der Waals surface area contributed by atoms with Crippen LogP contribution in [0.15, 0.2) is 65.8 Å². The quantitative estimate of drug-likeness (QED) is 0.679. The van der Waals surface area contributed by atoms with Crippen LogP contribution in [0.2, 0.25) is 0 Å². The topological polar surface area (TPSA) is 88.6 Å². The number of amides is 1. The van der Waals surface area contributed by atoms with Gasteiger partial charge in [0, 0.05) is 24.6 Å². The van der Waals surface area contributed by atoms with Crippen molar-refractivity contribution >= 4 is 27.3 Å². The average molecular weight is 423 g/mol. The fourth-order valence-electron chi connectivity index (χ4n) is 3.56. The second kappa shape index (κ2) is 7.79. The predicted molar refractivity (Wildman–Crippen MR) is 115 cm³/mol. The zero-order valence-electron chi connectivity index (χ0n) is 16.6. The van der Waals surface area contributed by atoms with Crippen molar-refractivity contribution in [2.24, 2.45) is 0 Å². The lowest BCUT2D eigenvalue weighted by Gasteiger charge is -2.18. The van der Waals surface area contributed by atoms with Gasteiger partial charge in [-0.25, -0.2) is 8.42 Å². The van der Waals surface area contributed by atoms with E-state index in [1.165, 1.54) is 19.4 Å². The van der Waals surface area contributed by atoms with Gasteiger partial charge in [-0.1, -0.05) is 6.07 Å². The molecule has 0 spiro atoms. The van der Waals surface area contributed by atoms with Crippen molar-refractivity contribution in [3.8, 4) is 5.75 Å². The number of anilines is 2.